The minimum absolute atomic E-state index is 0.0154. The van der Waals surface area contributed by atoms with Crippen LogP contribution >= 0.6 is 0 Å². The Morgan fingerprint density at radius 1 is 1.21 bits per heavy atom. The van der Waals surface area contributed by atoms with Crippen molar-refractivity contribution in [3.05, 3.63) is 0 Å². The Hall–Kier alpha value is -0.570. The van der Waals surface area contributed by atoms with Gasteiger partial charge in [0.2, 0.25) is 0 Å². The van der Waals surface area contributed by atoms with Gasteiger partial charge in [0.15, 0.2) is 0 Å². The Labute approximate surface area is 88.4 Å². The van der Waals surface area contributed by atoms with Crippen LogP contribution in [0.5, 0.6) is 0 Å². The quantitative estimate of drug-likeness (QED) is 0.416. The summed E-state index contributed by atoms with van der Waals surface area (Å²) in [5, 5.41) is 0. The van der Waals surface area contributed by atoms with Crippen LogP contribution in [0.3, 0.4) is 0 Å². The van der Waals surface area contributed by atoms with E-state index in [1.165, 1.54) is 6.42 Å². The summed E-state index contributed by atoms with van der Waals surface area (Å²) < 4.78 is 0. The van der Waals surface area contributed by atoms with Crippen molar-refractivity contribution >= 4 is 5.84 Å². The molecular weight excluding hydrogens is 174 g/mol. The summed E-state index contributed by atoms with van der Waals surface area (Å²) in [6.07, 6.45) is 2.31. The minimum atomic E-state index is 0.0154. The van der Waals surface area contributed by atoms with Crippen molar-refractivity contribution in [2.75, 3.05) is 27.2 Å². The lowest BCUT2D eigenvalue weighted by Gasteiger charge is -2.17. The largest absolute Gasteiger partial charge is 0.387 e. The molecule has 0 aromatic carbocycles. The number of nitrogens with zero attached hydrogens (tertiary/aromatic N) is 2. The molecule has 0 aliphatic carbocycles. The highest BCUT2D eigenvalue weighted by molar-refractivity contribution is 5.85. The van der Waals surface area contributed by atoms with E-state index in [0.29, 0.717) is 0 Å². The van der Waals surface area contributed by atoms with Crippen LogP contribution in [0.2, 0.25) is 0 Å². The van der Waals surface area contributed by atoms with Crippen molar-refractivity contribution in [3.63, 3.8) is 0 Å². The van der Waals surface area contributed by atoms with E-state index < -0.39 is 0 Å². The average Bonchev–Trinajstić information content (AvgIpc) is 2.01. The lowest BCUT2D eigenvalue weighted by Crippen LogP contribution is -2.29. The highest BCUT2D eigenvalue weighted by Crippen LogP contribution is 2.12. The molecule has 84 valence electrons. The Morgan fingerprint density at radius 3 is 2.21 bits per heavy atom. The van der Waals surface area contributed by atoms with Crippen LogP contribution in [0.15, 0.2) is 4.99 Å². The first-order valence-electron chi connectivity index (χ1n) is 5.29. The van der Waals surface area contributed by atoms with Crippen LogP contribution in [0.4, 0.5) is 0 Å². The molecule has 0 aromatic heterocycles. The number of amidine groups is 1. The molecule has 14 heavy (non-hydrogen) atoms. The smallest absolute Gasteiger partial charge is 0.0991 e. The molecule has 0 spiro atoms. The van der Waals surface area contributed by atoms with E-state index in [1.807, 2.05) is 0 Å². The fourth-order valence-electron chi connectivity index (χ4n) is 0.977. The van der Waals surface area contributed by atoms with Crippen LogP contribution in [-0.4, -0.2) is 37.9 Å². The third kappa shape index (κ3) is 6.89. The Kier molecular flexibility index (Phi) is 5.77. The van der Waals surface area contributed by atoms with Crippen molar-refractivity contribution < 1.29 is 0 Å². The fraction of sp³-hybridized carbons (Fsp3) is 0.909. The zero-order chi connectivity index (χ0) is 11.2. The average molecular weight is 199 g/mol. The molecule has 0 radical (unpaired) electrons. The molecule has 0 rings (SSSR count). The van der Waals surface area contributed by atoms with E-state index in [2.05, 4.69) is 44.8 Å². The van der Waals surface area contributed by atoms with Gasteiger partial charge >= 0.3 is 0 Å². The molecular formula is C11H25N3. The standard InChI is InChI=1S/C11H25N3/c1-11(2,3)10(12)13-8-6-7-9-14(4)5/h6-9H2,1-5H3,(H2,12,13). The summed E-state index contributed by atoms with van der Waals surface area (Å²) in [6, 6.07) is 0. The van der Waals surface area contributed by atoms with Crippen LogP contribution in [0.25, 0.3) is 0 Å². The van der Waals surface area contributed by atoms with E-state index in [1.54, 1.807) is 0 Å². The van der Waals surface area contributed by atoms with E-state index in [0.717, 1.165) is 25.3 Å². The van der Waals surface area contributed by atoms with Crippen LogP contribution < -0.4 is 5.73 Å². The van der Waals surface area contributed by atoms with Gasteiger partial charge in [0.05, 0.1) is 5.84 Å². The number of aliphatic imine (C=N–C) groups is 1. The molecule has 0 aliphatic rings. The zero-order valence-corrected chi connectivity index (χ0v) is 10.3. The number of hydrogen-bond acceptors (Lipinski definition) is 2. The minimum Gasteiger partial charge on any atom is -0.387 e. The predicted molar refractivity (Wildman–Crippen MR) is 63.7 cm³/mol. The molecule has 0 heterocycles. The molecule has 0 saturated carbocycles. The molecule has 0 bridgehead atoms. The van der Waals surface area contributed by atoms with Crippen LogP contribution in [-0.2, 0) is 0 Å². The van der Waals surface area contributed by atoms with E-state index in [-0.39, 0.29) is 5.41 Å². The molecule has 0 saturated heterocycles. The number of rotatable bonds is 5. The van der Waals surface area contributed by atoms with Gasteiger partial charge in [0.25, 0.3) is 0 Å². The van der Waals surface area contributed by atoms with Crippen molar-refractivity contribution in [2.45, 2.75) is 33.6 Å². The van der Waals surface area contributed by atoms with Crippen molar-refractivity contribution in [1.82, 2.24) is 4.90 Å². The normalized spacial score (nSPS) is 13.7. The van der Waals surface area contributed by atoms with E-state index in [4.69, 9.17) is 5.73 Å². The summed E-state index contributed by atoms with van der Waals surface area (Å²) >= 11 is 0. The number of unbranched alkanes of at least 4 members (excludes halogenated alkanes) is 1. The first-order chi connectivity index (χ1) is 6.34. The van der Waals surface area contributed by atoms with Gasteiger partial charge < -0.3 is 10.6 Å². The van der Waals surface area contributed by atoms with E-state index >= 15 is 0 Å². The lowest BCUT2D eigenvalue weighted by atomic mass is 9.95. The van der Waals surface area contributed by atoms with E-state index in [9.17, 15) is 0 Å². The summed E-state index contributed by atoms with van der Waals surface area (Å²) in [7, 11) is 4.18. The predicted octanol–water partition coefficient (Wildman–Crippen LogP) is 1.73. The molecule has 0 fully saturated rings. The summed E-state index contributed by atoms with van der Waals surface area (Å²) in [5.74, 6) is 0.766. The van der Waals surface area contributed by atoms with Gasteiger partial charge in [-0.2, -0.15) is 0 Å². The maximum Gasteiger partial charge on any atom is 0.0991 e. The Balaban J connectivity index is 3.62. The molecule has 0 amide bonds. The second kappa shape index (κ2) is 6.02. The molecule has 3 nitrogen and oxygen atoms in total. The number of nitrogens with two attached hydrogens (primary N) is 1. The maximum atomic E-state index is 5.83. The van der Waals surface area contributed by atoms with Gasteiger partial charge in [-0.05, 0) is 33.5 Å². The highest BCUT2D eigenvalue weighted by Gasteiger charge is 2.14. The first kappa shape index (κ1) is 13.4. The van der Waals surface area contributed by atoms with Crippen LogP contribution in [0.1, 0.15) is 33.6 Å². The van der Waals surface area contributed by atoms with Gasteiger partial charge in [-0.25, -0.2) is 0 Å². The molecule has 0 aromatic rings. The summed E-state index contributed by atoms with van der Waals surface area (Å²) in [4.78, 5) is 6.56. The molecule has 0 aliphatic heterocycles. The molecule has 0 atom stereocenters. The Morgan fingerprint density at radius 2 is 1.79 bits per heavy atom. The number of hydrogen-bond donors (Lipinski definition) is 1. The van der Waals surface area contributed by atoms with Gasteiger partial charge in [0.1, 0.15) is 0 Å². The van der Waals surface area contributed by atoms with Crippen molar-refractivity contribution in [1.29, 1.82) is 0 Å². The van der Waals surface area contributed by atoms with Gasteiger partial charge in [-0.1, -0.05) is 20.8 Å². The topological polar surface area (TPSA) is 41.6 Å². The molecule has 0 unspecified atom stereocenters. The maximum absolute atomic E-state index is 5.83. The first-order valence-corrected chi connectivity index (χ1v) is 5.29. The van der Waals surface area contributed by atoms with Gasteiger partial charge in [-0.3, -0.25) is 4.99 Å². The van der Waals surface area contributed by atoms with Crippen molar-refractivity contribution in [2.24, 2.45) is 16.1 Å². The monoisotopic (exact) mass is 199 g/mol. The summed E-state index contributed by atoms with van der Waals surface area (Å²) in [5.41, 5.74) is 5.85. The van der Waals surface area contributed by atoms with Gasteiger partial charge in [-0.15, -0.1) is 0 Å². The summed E-state index contributed by atoms with van der Waals surface area (Å²) in [6.45, 7) is 8.25. The highest BCUT2D eigenvalue weighted by atomic mass is 15.0. The third-order valence-corrected chi connectivity index (χ3v) is 2.06. The lowest BCUT2D eigenvalue weighted by molar-refractivity contribution is 0.395. The Bertz CT molecular complexity index is 177. The molecule has 3 heteroatoms. The second-order valence-electron chi connectivity index (χ2n) is 5.03. The van der Waals surface area contributed by atoms with Gasteiger partial charge in [0, 0.05) is 12.0 Å². The second-order valence-corrected chi connectivity index (χ2v) is 5.03. The SMILES string of the molecule is CN(C)CCCCN=C(N)C(C)(C)C. The zero-order valence-electron chi connectivity index (χ0n) is 10.3. The van der Waals surface area contributed by atoms with Crippen LogP contribution in [0, 0.1) is 5.41 Å². The third-order valence-electron chi connectivity index (χ3n) is 2.06. The molecule has 2 N–H and O–H groups in total. The van der Waals surface area contributed by atoms with Crippen molar-refractivity contribution in [3.8, 4) is 0 Å². The fourth-order valence-corrected chi connectivity index (χ4v) is 0.977.